The minimum absolute atomic E-state index is 0.0215. The van der Waals surface area contributed by atoms with Gasteiger partial charge in [-0.3, -0.25) is 4.79 Å². The number of carbonyl (C=O) groups excluding carboxylic acids is 1. The molecule has 0 spiro atoms. The predicted octanol–water partition coefficient (Wildman–Crippen LogP) is 2.14. The zero-order chi connectivity index (χ0) is 15.5. The zero-order valence-corrected chi connectivity index (χ0v) is 12.9. The Balaban J connectivity index is 2.03. The van der Waals surface area contributed by atoms with Crippen molar-refractivity contribution in [2.45, 2.75) is 58.0 Å². The first-order valence-electron chi connectivity index (χ1n) is 7.97. The Hall–Kier alpha value is -1.30. The predicted molar refractivity (Wildman–Crippen MR) is 80.3 cm³/mol. The highest BCUT2D eigenvalue weighted by Crippen LogP contribution is 2.19. The summed E-state index contributed by atoms with van der Waals surface area (Å²) in [7, 11) is 0. The Morgan fingerprint density at radius 2 is 1.95 bits per heavy atom. The summed E-state index contributed by atoms with van der Waals surface area (Å²) in [6, 6.07) is -0.258. The highest BCUT2D eigenvalue weighted by molar-refractivity contribution is 5.74. The molecule has 122 valence electrons. The number of carboxylic acids is 1. The lowest BCUT2D eigenvalue weighted by atomic mass is 9.98. The van der Waals surface area contributed by atoms with Crippen LogP contribution in [0.5, 0.6) is 0 Å². The highest BCUT2D eigenvalue weighted by Gasteiger charge is 2.14. The number of nitrogens with one attached hydrogen (secondary N) is 2. The molecule has 6 nitrogen and oxygen atoms in total. The van der Waals surface area contributed by atoms with Crippen molar-refractivity contribution in [3.05, 3.63) is 0 Å². The van der Waals surface area contributed by atoms with Crippen LogP contribution in [0.1, 0.15) is 51.9 Å². The molecule has 0 bridgehead atoms. The number of carbonyl (C=O) groups is 2. The lowest BCUT2D eigenvalue weighted by Crippen LogP contribution is -2.40. The molecule has 0 aromatic heterocycles. The third-order valence-corrected chi connectivity index (χ3v) is 3.89. The molecule has 0 radical (unpaired) electrons. The van der Waals surface area contributed by atoms with Crippen LogP contribution in [0.4, 0.5) is 4.79 Å². The van der Waals surface area contributed by atoms with E-state index in [0.29, 0.717) is 25.8 Å². The van der Waals surface area contributed by atoms with E-state index in [9.17, 15) is 9.59 Å². The molecule has 1 aliphatic carbocycles. The second kappa shape index (κ2) is 10.4. The molecule has 2 amide bonds. The van der Waals surface area contributed by atoms with Crippen LogP contribution < -0.4 is 10.6 Å². The molecule has 6 heteroatoms. The molecule has 1 rings (SSSR count). The van der Waals surface area contributed by atoms with Gasteiger partial charge in [-0.15, -0.1) is 0 Å². The third-order valence-electron chi connectivity index (χ3n) is 3.89. The van der Waals surface area contributed by atoms with E-state index < -0.39 is 5.97 Å². The summed E-state index contributed by atoms with van der Waals surface area (Å²) in [6.07, 6.45) is 7.19. The van der Waals surface area contributed by atoms with Gasteiger partial charge in [0.05, 0.1) is 12.7 Å². The first-order chi connectivity index (χ1) is 10.1. The van der Waals surface area contributed by atoms with Gasteiger partial charge < -0.3 is 20.5 Å². The molecule has 0 aromatic carbocycles. The lowest BCUT2D eigenvalue weighted by molar-refractivity contribution is -0.138. The molecule has 1 unspecified atom stereocenters. The third kappa shape index (κ3) is 8.55. The lowest BCUT2D eigenvalue weighted by Gasteiger charge is -2.22. The molecule has 21 heavy (non-hydrogen) atoms. The van der Waals surface area contributed by atoms with Crippen LogP contribution in [0.2, 0.25) is 0 Å². The van der Waals surface area contributed by atoms with Crippen molar-refractivity contribution in [1.82, 2.24) is 10.6 Å². The number of hydrogen-bond acceptors (Lipinski definition) is 3. The van der Waals surface area contributed by atoms with Gasteiger partial charge in [0.2, 0.25) is 0 Å². The van der Waals surface area contributed by atoms with E-state index in [1.165, 1.54) is 19.3 Å². The van der Waals surface area contributed by atoms with Crippen molar-refractivity contribution in [3.8, 4) is 0 Å². The fraction of sp³-hybridized carbons (Fsp3) is 0.867. The van der Waals surface area contributed by atoms with Gasteiger partial charge in [0.1, 0.15) is 0 Å². The van der Waals surface area contributed by atoms with E-state index in [2.05, 4.69) is 10.6 Å². The number of amides is 2. The van der Waals surface area contributed by atoms with Gasteiger partial charge in [0.25, 0.3) is 0 Å². The van der Waals surface area contributed by atoms with Crippen molar-refractivity contribution >= 4 is 12.0 Å². The van der Waals surface area contributed by atoms with Crippen molar-refractivity contribution in [1.29, 1.82) is 0 Å². The SMILES string of the molecule is CCC(CNC(=O)NCCOC1CCCCC1)CC(=O)O. The minimum atomic E-state index is -0.829. The smallest absolute Gasteiger partial charge is 0.314 e. The highest BCUT2D eigenvalue weighted by atomic mass is 16.5. The van der Waals surface area contributed by atoms with Gasteiger partial charge in [-0.25, -0.2) is 4.79 Å². The largest absolute Gasteiger partial charge is 0.481 e. The Kier molecular flexibility index (Phi) is 8.82. The van der Waals surface area contributed by atoms with E-state index in [-0.39, 0.29) is 18.4 Å². The van der Waals surface area contributed by atoms with Gasteiger partial charge in [0, 0.05) is 19.5 Å². The number of hydrogen-bond donors (Lipinski definition) is 3. The maximum atomic E-state index is 11.6. The maximum absolute atomic E-state index is 11.6. The Morgan fingerprint density at radius 3 is 2.57 bits per heavy atom. The number of aliphatic carboxylic acids is 1. The number of carboxylic acid groups (broad SMARTS) is 1. The summed E-state index contributed by atoms with van der Waals surface area (Å²) < 4.78 is 5.71. The van der Waals surface area contributed by atoms with Crippen LogP contribution in [-0.2, 0) is 9.53 Å². The normalized spacial score (nSPS) is 17.2. The zero-order valence-electron chi connectivity index (χ0n) is 12.9. The van der Waals surface area contributed by atoms with Crippen LogP contribution in [0.25, 0.3) is 0 Å². The van der Waals surface area contributed by atoms with Crippen LogP contribution >= 0.6 is 0 Å². The summed E-state index contributed by atoms with van der Waals surface area (Å²) in [5.41, 5.74) is 0. The second-order valence-corrected chi connectivity index (χ2v) is 5.64. The minimum Gasteiger partial charge on any atom is -0.481 e. The Bertz CT molecular complexity index is 317. The molecule has 0 heterocycles. The van der Waals surface area contributed by atoms with Gasteiger partial charge >= 0.3 is 12.0 Å². The van der Waals surface area contributed by atoms with Crippen molar-refractivity contribution in [2.24, 2.45) is 5.92 Å². The van der Waals surface area contributed by atoms with E-state index in [4.69, 9.17) is 9.84 Å². The molecular weight excluding hydrogens is 272 g/mol. The van der Waals surface area contributed by atoms with Gasteiger partial charge in [-0.2, -0.15) is 0 Å². The summed E-state index contributed by atoms with van der Waals surface area (Å²) in [4.78, 5) is 22.2. The average Bonchev–Trinajstić information content (AvgIpc) is 2.48. The Labute approximate surface area is 126 Å². The molecule has 1 aliphatic rings. The van der Waals surface area contributed by atoms with Crippen molar-refractivity contribution in [2.75, 3.05) is 19.7 Å². The quantitative estimate of drug-likeness (QED) is 0.569. The second-order valence-electron chi connectivity index (χ2n) is 5.64. The van der Waals surface area contributed by atoms with E-state index >= 15 is 0 Å². The summed E-state index contributed by atoms with van der Waals surface area (Å²) >= 11 is 0. The maximum Gasteiger partial charge on any atom is 0.314 e. The first-order valence-corrected chi connectivity index (χ1v) is 7.97. The molecule has 1 fully saturated rings. The van der Waals surface area contributed by atoms with Crippen molar-refractivity contribution < 1.29 is 19.4 Å². The molecule has 1 saturated carbocycles. The molecule has 0 aromatic rings. The monoisotopic (exact) mass is 300 g/mol. The summed E-state index contributed by atoms with van der Waals surface area (Å²) in [5, 5.41) is 14.2. The standard InChI is InChI=1S/C15H28N2O4/c1-2-12(10-14(18)19)11-17-15(20)16-8-9-21-13-6-4-3-5-7-13/h12-13H,2-11H2,1H3,(H,18,19)(H2,16,17,20). The van der Waals surface area contributed by atoms with Crippen LogP contribution in [0.3, 0.4) is 0 Å². The molecule has 3 N–H and O–H groups in total. The van der Waals surface area contributed by atoms with Crippen molar-refractivity contribution in [3.63, 3.8) is 0 Å². The molecule has 0 aliphatic heterocycles. The number of rotatable bonds is 9. The van der Waals surface area contributed by atoms with Crippen LogP contribution in [0, 0.1) is 5.92 Å². The Morgan fingerprint density at radius 1 is 1.24 bits per heavy atom. The fourth-order valence-electron chi connectivity index (χ4n) is 2.53. The summed E-state index contributed by atoms with van der Waals surface area (Å²) in [6.45, 7) is 3.33. The van der Waals surface area contributed by atoms with E-state index in [1.807, 2.05) is 6.92 Å². The molecular formula is C15H28N2O4. The molecule has 1 atom stereocenters. The van der Waals surface area contributed by atoms with Crippen LogP contribution in [0.15, 0.2) is 0 Å². The van der Waals surface area contributed by atoms with Gasteiger partial charge in [0.15, 0.2) is 0 Å². The summed E-state index contributed by atoms with van der Waals surface area (Å²) in [5.74, 6) is -0.850. The van der Waals surface area contributed by atoms with Gasteiger partial charge in [-0.1, -0.05) is 32.6 Å². The topological polar surface area (TPSA) is 87.7 Å². The number of ether oxygens (including phenoxy) is 1. The van der Waals surface area contributed by atoms with Gasteiger partial charge in [-0.05, 0) is 18.8 Å². The van der Waals surface area contributed by atoms with E-state index in [1.54, 1.807) is 0 Å². The fourth-order valence-corrected chi connectivity index (χ4v) is 2.53. The van der Waals surface area contributed by atoms with E-state index in [0.717, 1.165) is 19.3 Å². The number of urea groups is 1. The first kappa shape index (κ1) is 17.8. The van der Waals surface area contributed by atoms with Crippen LogP contribution in [-0.4, -0.2) is 42.9 Å². The average molecular weight is 300 g/mol. The molecule has 0 saturated heterocycles.